The van der Waals surface area contributed by atoms with E-state index in [1.54, 1.807) is 0 Å². The third kappa shape index (κ3) is 7.28. The molecule has 1 aromatic rings. The number of nitrogens with two attached hydrogens (primary N) is 1. The normalized spacial score (nSPS) is 17.5. The van der Waals surface area contributed by atoms with Crippen molar-refractivity contribution in [2.45, 2.75) is 44.8 Å². The van der Waals surface area contributed by atoms with Crippen molar-refractivity contribution in [2.24, 2.45) is 5.73 Å². The fourth-order valence-electron chi connectivity index (χ4n) is 2.80. The molecule has 0 amide bonds. The van der Waals surface area contributed by atoms with Crippen molar-refractivity contribution in [1.82, 2.24) is 4.90 Å². The fourth-order valence-corrected chi connectivity index (χ4v) is 2.80. The summed E-state index contributed by atoms with van der Waals surface area (Å²) >= 11 is 0. The molecule has 0 aliphatic carbocycles. The van der Waals surface area contributed by atoms with Crippen LogP contribution in [0.4, 0.5) is 0 Å². The Balaban J connectivity index is 0.00000220. The monoisotopic (exact) mass is 312 g/mol. The summed E-state index contributed by atoms with van der Waals surface area (Å²) in [6.45, 7) is 8.21. The predicted molar refractivity (Wildman–Crippen MR) is 91.1 cm³/mol. The third-order valence-electron chi connectivity index (χ3n) is 3.75. The lowest BCUT2D eigenvalue weighted by Gasteiger charge is -2.35. The van der Waals surface area contributed by atoms with Crippen LogP contribution in [0, 0.1) is 0 Å². The first-order valence-electron chi connectivity index (χ1n) is 7.70. The smallest absolute Gasteiger partial charge is 0.0599 e. The summed E-state index contributed by atoms with van der Waals surface area (Å²) in [5.74, 6) is 0. The van der Waals surface area contributed by atoms with Crippen LogP contribution in [0.2, 0.25) is 0 Å². The molecule has 0 aromatic heterocycles. The first kappa shape index (κ1) is 18.4. The average Bonchev–Trinajstić information content (AvgIpc) is 2.40. The maximum Gasteiger partial charge on any atom is 0.0599 e. The lowest BCUT2D eigenvalue weighted by molar-refractivity contribution is 0.00587. The van der Waals surface area contributed by atoms with Gasteiger partial charge in [0.2, 0.25) is 0 Å². The Kier molecular flexibility index (Phi) is 7.67. The highest BCUT2D eigenvalue weighted by Gasteiger charge is 2.23. The summed E-state index contributed by atoms with van der Waals surface area (Å²) in [5, 5.41) is 0. The number of nitrogens with zero attached hydrogens (tertiary/aromatic N) is 1. The van der Waals surface area contributed by atoms with Gasteiger partial charge in [-0.3, -0.25) is 0 Å². The van der Waals surface area contributed by atoms with E-state index in [0.717, 1.165) is 45.5 Å². The highest BCUT2D eigenvalue weighted by Crippen LogP contribution is 2.16. The van der Waals surface area contributed by atoms with Crippen LogP contribution in [0.1, 0.15) is 32.3 Å². The van der Waals surface area contributed by atoms with E-state index in [1.807, 2.05) is 0 Å². The Morgan fingerprint density at radius 3 is 2.38 bits per heavy atom. The molecule has 2 rings (SSSR count). The molecular weight excluding hydrogens is 284 g/mol. The minimum Gasteiger partial charge on any atom is -0.378 e. The molecule has 3 nitrogen and oxygen atoms in total. The van der Waals surface area contributed by atoms with Crippen LogP contribution in [0.3, 0.4) is 0 Å². The minimum absolute atomic E-state index is 0. The molecule has 1 aliphatic heterocycles. The highest BCUT2D eigenvalue weighted by atomic mass is 35.5. The van der Waals surface area contributed by atoms with Gasteiger partial charge in [-0.2, -0.15) is 0 Å². The van der Waals surface area contributed by atoms with Crippen molar-refractivity contribution in [3.8, 4) is 0 Å². The van der Waals surface area contributed by atoms with Crippen molar-refractivity contribution >= 4 is 12.4 Å². The summed E-state index contributed by atoms with van der Waals surface area (Å²) in [5.41, 5.74) is 7.33. The van der Waals surface area contributed by atoms with Gasteiger partial charge in [0.05, 0.1) is 12.7 Å². The molecule has 0 saturated carbocycles. The zero-order chi connectivity index (χ0) is 14.4. The van der Waals surface area contributed by atoms with Gasteiger partial charge in [0.1, 0.15) is 0 Å². The number of rotatable bonds is 6. The van der Waals surface area contributed by atoms with Crippen molar-refractivity contribution < 1.29 is 4.74 Å². The number of benzene rings is 1. The van der Waals surface area contributed by atoms with Crippen LogP contribution in [-0.2, 0) is 11.2 Å². The van der Waals surface area contributed by atoms with Gasteiger partial charge in [0.25, 0.3) is 0 Å². The first-order chi connectivity index (χ1) is 9.53. The maximum absolute atomic E-state index is 6.07. The lowest BCUT2D eigenvalue weighted by Crippen LogP contribution is -2.48. The van der Waals surface area contributed by atoms with E-state index in [2.05, 4.69) is 49.1 Å². The van der Waals surface area contributed by atoms with E-state index in [0.29, 0.717) is 6.10 Å². The standard InChI is InChI=1S/C17H28N2O.ClH/c1-17(2,18)14-19-11-8-16(9-12-19)20-13-10-15-6-4-3-5-7-15;/h3-7,16H,8-14,18H2,1-2H3;1H. The summed E-state index contributed by atoms with van der Waals surface area (Å²) in [7, 11) is 0. The fraction of sp³-hybridized carbons (Fsp3) is 0.647. The van der Waals surface area contributed by atoms with Crippen molar-refractivity contribution in [2.75, 3.05) is 26.2 Å². The number of likely N-dealkylation sites (tertiary alicyclic amines) is 1. The zero-order valence-corrected chi connectivity index (χ0v) is 14.1. The largest absolute Gasteiger partial charge is 0.378 e. The quantitative estimate of drug-likeness (QED) is 0.878. The summed E-state index contributed by atoms with van der Waals surface area (Å²) in [6, 6.07) is 10.5. The molecule has 1 heterocycles. The molecule has 21 heavy (non-hydrogen) atoms. The van der Waals surface area contributed by atoms with E-state index >= 15 is 0 Å². The Labute approximate surface area is 135 Å². The number of ether oxygens (including phenoxy) is 1. The van der Waals surface area contributed by atoms with Crippen LogP contribution in [-0.4, -0.2) is 42.8 Å². The lowest BCUT2D eigenvalue weighted by atomic mass is 10.0. The predicted octanol–water partition coefficient (Wildman–Crippen LogP) is 2.87. The van der Waals surface area contributed by atoms with Crippen molar-refractivity contribution in [1.29, 1.82) is 0 Å². The summed E-state index contributed by atoms with van der Waals surface area (Å²) < 4.78 is 6.01. The second-order valence-electron chi connectivity index (χ2n) is 6.57. The highest BCUT2D eigenvalue weighted by molar-refractivity contribution is 5.85. The van der Waals surface area contributed by atoms with E-state index in [9.17, 15) is 0 Å². The molecule has 0 bridgehead atoms. The molecule has 120 valence electrons. The molecule has 0 radical (unpaired) electrons. The summed E-state index contributed by atoms with van der Waals surface area (Å²) in [4.78, 5) is 2.46. The topological polar surface area (TPSA) is 38.5 Å². The Hall–Kier alpha value is -0.610. The second kappa shape index (κ2) is 8.74. The van der Waals surface area contributed by atoms with E-state index < -0.39 is 0 Å². The van der Waals surface area contributed by atoms with Gasteiger partial charge in [0.15, 0.2) is 0 Å². The molecular formula is C17H29ClN2O. The molecule has 1 saturated heterocycles. The van der Waals surface area contributed by atoms with Crippen LogP contribution in [0.25, 0.3) is 0 Å². The van der Waals surface area contributed by atoms with Gasteiger partial charge in [-0.1, -0.05) is 30.3 Å². The van der Waals surface area contributed by atoms with E-state index in [1.165, 1.54) is 5.56 Å². The number of hydrogen-bond acceptors (Lipinski definition) is 3. The van der Waals surface area contributed by atoms with Gasteiger partial charge in [-0.05, 0) is 38.7 Å². The summed E-state index contributed by atoms with van der Waals surface area (Å²) in [6.07, 6.45) is 3.70. The second-order valence-corrected chi connectivity index (χ2v) is 6.57. The first-order valence-corrected chi connectivity index (χ1v) is 7.70. The van der Waals surface area contributed by atoms with Crippen molar-refractivity contribution in [3.05, 3.63) is 35.9 Å². The zero-order valence-electron chi connectivity index (χ0n) is 13.3. The SMILES string of the molecule is CC(C)(N)CN1CCC(OCCc2ccccc2)CC1.Cl. The third-order valence-corrected chi connectivity index (χ3v) is 3.75. The Bertz CT molecular complexity index is 384. The molecule has 0 spiro atoms. The van der Waals surface area contributed by atoms with Crippen LogP contribution < -0.4 is 5.73 Å². The Morgan fingerprint density at radius 1 is 1.19 bits per heavy atom. The Morgan fingerprint density at radius 2 is 1.81 bits per heavy atom. The van der Waals surface area contributed by atoms with Gasteiger partial charge in [-0.15, -0.1) is 12.4 Å². The molecule has 1 aliphatic rings. The van der Waals surface area contributed by atoms with Gasteiger partial charge < -0.3 is 15.4 Å². The maximum atomic E-state index is 6.07. The van der Waals surface area contributed by atoms with Gasteiger partial charge in [0, 0.05) is 25.2 Å². The molecule has 4 heteroatoms. The van der Waals surface area contributed by atoms with Crippen LogP contribution in [0.5, 0.6) is 0 Å². The molecule has 0 unspecified atom stereocenters. The van der Waals surface area contributed by atoms with Crippen molar-refractivity contribution in [3.63, 3.8) is 0 Å². The van der Waals surface area contributed by atoms with E-state index in [-0.39, 0.29) is 17.9 Å². The molecule has 1 fully saturated rings. The number of piperidine rings is 1. The van der Waals surface area contributed by atoms with Gasteiger partial charge in [-0.25, -0.2) is 0 Å². The van der Waals surface area contributed by atoms with E-state index in [4.69, 9.17) is 10.5 Å². The molecule has 1 aromatic carbocycles. The van der Waals surface area contributed by atoms with Gasteiger partial charge >= 0.3 is 0 Å². The number of hydrogen-bond donors (Lipinski definition) is 1. The van der Waals surface area contributed by atoms with Crippen LogP contribution in [0.15, 0.2) is 30.3 Å². The molecule has 0 atom stereocenters. The molecule has 2 N–H and O–H groups in total. The number of halogens is 1. The minimum atomic E-state index is -0.0962. The average molecular weight is 313 g/mol. The van der Waals surface area contributed by atoms with Crippen LogP contribution >= 0.6 is 12.4 Å².